The van der Waals surface area contributed by atoms with Crippen LogP contribution in [0.1, 0.15) is 0 Å². The molecule has 0 aromatic heterocycles. The first-order chi connectivity index (χ1) is 4.63. The lowest BCUT2D eigenvalue weighted by Crippen LogP contribution is -2.56. The average Bonchev–Trinajstić information content (AvgIpc) is 1.93. The summed E-state index contributed by atoms with van der Waals surface area (Å²) >= 11 is 0. The molecule has 4 atom stereocenters. The van der Waals surface area contributed by atoms with E-state index in [1.807, 2.05) is 0 Å². The summed E-state index contributed by atoms with van der Waals surface area (Å²) < 4.78 is 4.59. The molecule has 0 aliphatic carbocycles. The summed E-state index contributed by atoms with van der Waals surface area (Å²) in [6.07, 6.45) is -3.69. The molecule has 1 rings (SSSR count). The molecule has 1 aliphatic heterocycles. The van der Waals surface area contributed by atoms with E-state index in [2.05, 4.69) is 4.74 Å². The van der Waals surface area contributed by atoms with E-state index in [0.29, 0.717) is 0 Å². The number of hydrogen-bond acceptors (Lipinski definition) is 5. The Hall–Kier alpha value is -0.200. The minimum atomic E-state index is -1.31. The second kappa shape index (κ2) is 2.81. The summed E-state index contributed by atoms with van der Waals surface area (Å²) in [5.41, 5.74) is 5.28. The van der Waals surface area contributed by atoms with Gasteiger partial charge in [0.1, 0.15) is 12.2 Å². The molecule has 5 N–H and O–H groups in total. The Kier molecular flexibility index (Phi) is 2.22. The van der Waals surface area contributed by atoms with Gasteiger partial charge in [0.05, 0.1) is 12.6 Å². The summed E-state index contributed by atoms with van der Waals surface area (Å²) in [5, 5.41) is 26.7. The number of rotatable bonds is 0. The van der Waals surface area contributed by atoms with Crippen molar-refractivity contribution in [2.45, 2.75) is 24.5 Å². The third kappa shape index (κ3) is 1.28. The first-order valence-corrected chi connectivity index (χ1v) is 3.04. The Morgan fingerprint density at radius 2 is 1.80 bits per heavy atom. The highest BCUT2D eigenvalue weighted by Crippen LogP contribution is 2.11. The van der Waals surface area contributed by atoms with Crippen molar-refractivity contribution in [3.05, 3.63) is 0 Å². The Bertz CT molecular complexity index is 106. The lowest BCUT2D eigenvalue weighted by molar-refractivity contribution is -0.225. The van der Waals surface area contributed by atoms with Crippen molar-refractivity contribution in [2.75, 3.05) is 6.61 Å². The van der Waals surface area contributed by atoms with Crippen LogP contribution in [0.25, 0.3) is 0 Å². The predicted octanol–water partition coefficient (Wildman–Crippen LogP) is -2.62. The first kappa shape index (κ1) is 7.90. The monoisotopic (exact) mass is 149 g/mol. The van der Waals surface area contributed by atoms with Crippen molar-refractivity contribution in [3.63, 3.8) is 0 Å². The molecule has 0 unspecified atom stereocenters. The van der Waals surface area contributed by atoms with E-state index in [1.54, 1.807) is 0 Å². The second-order valence-corrected chi connectivity index (χ2v) is 2.37. The maximum Gasteiger partial charge on any atom is 0.183 e. The van der Waals surface area contributed by atoms with Gasteiger partial charge in [0, 0.05) is 0 Å². The number of aliphatic hydroxyl groups is 3. The van der Waals surface area contributed by atoms with Gasteiger partial charge in [0.25, 0.3) is 0 Å². The number of hydrogen-bond donors (Lipinski definition) is 4. The fourth-order valence-electron chi connectivity index (χ4n) is 0.829. The highest BCUT2D eigenvalue weighted by molar-refractivity contribution is 4.84. The molecule has 0 bridgehead atoms. The Morgan fingerprint density at radius 3 is 2.30 bits per heavy atom. The lowest BCUT2D eigenvalue weighted by Gasteiger charge is -2.32. The fourth-order valence-corrected chi connectivity index (χ4v) is 0.829. The molecule has 60 valence electrons. The second-order valence-electron chi connectivity index (χ2n) is 2.37. The molecule has 1 fully saturated rings. The summed E-state index contributed by atoms with van der Waals surface area (Å²) in [7, 11) is 0. The van der Waals surface area contributed by atoms with Crippen molar-refractivity contribution >= 4 is 0 Å². The molecule has 1 heterocycles. The van der Waals surface area contributed by atoms with Crippen LogP contribution in [0.4, 0.5) is 0 Å². The van der Waals surface area contributed by atoms with E-state index in [0.717, 1.165) is 0 Å². The molecular weight excluding hydrogens is 138 g/mol. The van der Waals surface area contributed by atoms with E-state index < -0.39 is 24.5 Å². The summed E-state index contributed by atoms with van der Waals surface area (Å²) in [6, 6.07) is -0.613. The molecule has 0 aromatic carbocycles. The van der Waals surface area contributed by atoms with Gasteiger partial charge in [-0.25, -0.2) is 0 Å². The van der Waals surface area contributed by atoms with Gasteiger partial charge in [-0.1, -0.05) is 0 Å². The predicted molar refractivity (Wildman–Crippen MR) is 31.9 cm³/mol. The summed E-state index contributed by atoms with van der Waals surface area (Å²) in [6.45, 7) is 0.0688. The van der Waals surface area contributed by atoms with Gasteiger partial charge >= 0.3 is 0 Å². The molecule has 0 aromatic rings. The first-order valence-electron chi connectivity index (χ1n) is 3.04. The van der Waals surface area contributed by atoms with Crippen LogP contribution in [0.15, 0.2) is 0 Å². The van der Waals surface area contributed by atoms with Gasteiger partial charge in [-0.15, -0.1) is 0 Å². The lowest BCUT2D eigenvalue weighted by atomic mass is 10.0. The van der Waals surface area contributed by atoms with Crippen molar-refractivity contribution in [2.24, 2.45) is 5.73 Å². The van der Waals surface area contributed by atoms with Gasteiger partial charge < -0.3 is 25.8 Å². The van der Waals surface area contributed by atoms with Gasteiger partial charge in [0.15, 0.2) is 6.29 Å². The Labute approximate surface area is 58.0 Å². The van der Waals surface area contributed by atoms with E-state index in [-0.39, 0.29) is 6.61 Å². The van der Waals surface area contributed by atoms with Gasteiger partial charge in [-0.05, 0) is 0 Å². The van der Waals surface area contributed by atoms with Gasteiger partial charge in [-0.2, -0.15) is 0 Å². The molecule has 5 nitrogen and oxygen atoms in total. The van der Waals surface area contributed by atoms with Crippen molar-refractivity contribution in [1.82, 2.24) is 0 Å². The topological polar surface area (TPSA) is 95.9 Å². The molecule has 0 spiro atoms. The van der Waals surface area contributed by atoms with Crippen LogP contribution in [-0.4, -0.2) is 46.5 Å². The normalized spacial score (nSPS) is 49.2. The minimum absolute atomic E-state index is 0.0688. The molecule has 0 amide bonds. The molecule has 10 heavy (non-hydrogen) atoms. The van der Waals surface area contributed by atoms with E-state index in [1.165, 1.54) is 0 Å². The number of aliphatic hydroxyl groups excluding tert-OH is 3. The van der Waals surface area contributed by atoms with Gasteiger partial charge in [0.2, 0.25) is 0 Å². The van der Waals surface area contributed by atoms with Gasteiger partial charge in [-0.3, -0.25) is 0 Å². The van der Waals surface area contributed by atoms with E-state index >= 15 is 0 Å². The zero-order valence-corrected chi connectivity index (χ0v) is 5.34. The summed E-state index contributed by atoms with van der Waals surface area (Å²) in [4.78, 5) is 0. The Balaban J connectivity index is 2.52. The Morgan fingerprint density at radius 1 is 1.20 bits per heavy atom. The van der Waals surface area contributed by atoms with Crippen LogP contribution in [-0.2, 0) is 4.74 Å². The molecule has 0 saturated carbocycles. The molecule has 1 saturated heterocycles. The standard InChI is InChI=1S/C5H11NO4/c6-2-1-10-5(9)4(8)3(2)7/h2-5,7-9H,1,6H2/t2-,3-,4+,5-/m0/s1. The maximum absolute atomic E-state index is 9.00. The zero-order valence-electron chi connectivity index (χ0n) is 5.34. The van der Waals surface area contributed by atoms with Crippen LogP contribution >= 0.6 is 0 Å². The smallest absolute Gasteiger partial charge is 0.183 e. The molecule has 1 aliphatic rings. The zero-order chi connectivity index (χ0) is 7.72. The fraction of sp³-hybridized carbons (Fsp3) is 1.00. The number of ether oxygens (including phenoxy) is 1. The SMILES string of the molecule is N[C@H]1CO[C@H](O)[C@H](O)[C@H]1O. The molecule has 5 heteroatoms. The van der Waals surface area contributed by atoms with E-state index in [4.69, 9.17) is 21.1 Å². The van der Waals surface area contributed by atoms with Crippen molar-refractivity contribution < 1.29 is 20.1 Å². The average molecular weight is 149 g/mol. The molecular formula is C5H11NO4. The molecule has 0 radical (unpaired) electrons. The maximum atomic E-state index is 9.00. The third-order valence-corrected chi connectivity index (χ3v) is 1.54. The minimum Gasteiger partial charge on any atom is -0.388 e. The van der Waals surface area contributed by atoms with Crippen molar-refractivity contribution in [1.29, 1.82) is 0 Å². The third-order valence-electron chi connectivity index (χ3n) is 1.54. The van der Waals surface area contributed by atoms with E-state index in [9.17, 15) is 0 Å². The van der Waals surface area contributed by atoms with Crippen molar-refractivity contribution in [3.8, 4) is 0 Å². The number of nitrogens with two attached hydrogens (primary N) is 1. The van der Waals surface area contributed by atoms with Crippen LogP contribution in [0.3, 0.4) is 0 Å². The highest BCUT2D eigenvalue weighted by Gasteiger charge is 2.35. The quantitative estimate of drug-likeness (QED) is 0.302. The highest BCUT2D eigenvalue weighted by atomic mass is 16.6. The van der Waals surface area contributed by atoms with Crippen LogP contribution in [0.5, 0.6) is 0 Å². The summed E-state index contributed by atoms with van der Waals surface area (Å²) in [5.74, 6) is 0. The van der Waals surface area contributed by atoms with Crippen LogP contribution in [0.2, 0.25) is 0 Å². The largest absolute Gasteiger partial charge is 0.388 e. The van der Waals surface area contributed by atoms with Crippen LogP contribution < -0.4 is 5.73 Å². The van der Waals surface area contributed by atoms with Crippen LogP contribution in [0, 0.1) is 0 Å².